The van der Waals surface area contributed by atoms with Gasteiger partial charge in [-0.15, -0.1) is 0 Å². The molecular formula is C19H20N2O2. The van der Waals surface area contributed by atoms with Crippen LogP contribution in [-0.4, -0.2) is 28.1 Å². The molecule has 3 rings (SSSR count). The van der Waals surface area contributed by atoms with E-state index in [1.807, 2.05) is 63.4 Å². The predicted molar refractivity (Wildman–Crippen MR) is 91.1 cm³/mol. The van der Waals surface area contributed by atoms with Gasteiger partial charge in [0.25, 0.3) is 0 Å². The molecule has 2 aromatic rings. The van der Waals surface area contributed by atoms with Crippen LogP contribution >= 0.6 is 0 Å². The minimum absolute atomic E-state index is 0.353. The molecule has 1 aliphatic rings. The Kier molecular flexibility index (Phi) is 4.03. The zero-order valence-electron chi connectivity index (χ0n) is 13.7. The van der Waals surface area contributed by atoms with Gasteiger partial charge in [-0.2, -0.15) is 0 Å². The fraction of sp³-hybridized carbons (Fsp3) is 0.316. The van der Waals surface area contributed by atoms with E-state index in [-0.39, 0.29) is 5.60 Å². The second-order valence-corrected chi connectivity index (χ2v) is 6.62. The lowest BCUT2D eigenvalue weighted by atomic mass is 9.96. The van der Waals surface area contributed by atoms with Gasteiger partial charge < -0.3 is 0 Å². The number of benzene rings is 1. The highest BCUT2D eigenvalue weighted by Crippen LogP contribution is 2.31. The maximum absolute atomic E-state index is 11.4. The second kappa shape index (κ2) is 5.99. The van der Waals surface area contributed by atoms with Crippen LogP contribution in [0.25, 0.3) is 16.3 Å². The van der Waals surface area contributed by atoms with Crippen LogP contribution in [0.2, 0.25) is 0 Å². The molecule has 0 fully saturated rings. The summed E-state index contributed by atoms with van der Waals surface area (Å²) in [4.78, 5) is 21.5. The first-order valence-corrected chi connectivity index (χ1v) is 7.73. The number of rotatable bonds is 2. The molecular weight excluding hydrogens is 288 g/mol. The lowest BCUT2D eigenvalue weighted by Crippen LogP contribution is -2.35. The molecule has 0 N–H and O–H groups in total. The third-order valence-electron chi connectivity index (χ3n) is 3.67. The molecule has 4 heteroatoms. The Hall–Kier alpha value is -2.42. The average molecular weight is 308 g/mol. The highest BCUT2D eigenvalue weighted by Gasteiger charge is 2.24. The lowest BCUT2D eigenvalue weighted by Gasteiger charge is -2.33. The van der Waals surface area contributed by atoms with Crippen LogP contribution in [0.15, 0.2) is 48.4 Å². The summed E-state index contributed by atoms with van der Waals surface area (Å²) in [6, 6.07) is 8.13. The monoisotopic (exact) mass is 308 g/mol. The fourth-order valence-electron chi connectivity index (χ4n) is 2.74. The topological polar surface area (TPSA) is 42.4 Å². The number of hydrogen-bond acceptors (Lipinski definition) is 4. The van der Waals surface area contributed by atoms with Gasteiger partial charge in [-0.05, 0) is 44.2 Å². The third-order valence-corrected chi connectivity index (χ3v) is 3.67. The first kappa shape index (κ1) is 15.5. The van der Waals surface area contributed by atoms with Crippen LogP contribution in [0.1, 0.15) is 32.8 Å². The molecule has 1 aromatic heterocycles. The molecule has 23 heavy (non-hydrogen) atoms. The van der Waals surface area contributed by atoms with E-state index in [1.54, 1.807) is 5.06 Å². The standard InChI is InChI=1S/C19H20N2O2/c1-19(2,3)23-21-9-8-14(10-16(21)13-22)18-12-20-11-15-6-4-5-7-17(15)18/h4-7,10-12H,8-9H2,1-3H3. The van der Waals surface area contributed by atoms with Crippen molar-refractivity contribution in [1.29, 1.82) is 0 Å². The van der Waals surface area contributed by atoms with E-state index in [1.165, 1.54) is 0 Å². The molecule has 0 spiro atoms. The first-order chi connectivity index (χ1) is 11.0. The van der Waals surface area contributed by atoms with Crippen molar-refractivity contribution in [1.82, 2.24) is 10.0 Å². The Balaban J connectivity index is 2.00. The van der Waals surface area contributed by atoms with E-state index in [0.717, 1.165) is 28.3 Å². The van der Waals surface area contributed by atoms with E-state index in [0.29, 0.717) is 12.2 Å². The molecule has 0 atom stereocenters. The van der Waals surface area contributed by atoms with Gasteiger partial charge in [0.05, 0.1) is 12.1 Å². The Labute approximate surface area is 136 Å². The van der Waals surface area contributed by atoms with E-state index in [2.05, 4.69) is 11.1 Å². The van der Waals surface area contributed by atoms with Gasteiger partial charge in [-0.25, -0.2) is 9.86 Å². The van der Waals surface area contributed by atoms with Crippen LogP contribution < -0.4 is 0 Å². The number of fused-ring (bicyclic) bond motifs is 1. The predicted octanol–water partition coefficient (Wildman–Crippen LogP) is 3.77. The molecule has 118 valence electrons. The largest absolute Gasteiger partial charge is 0.267 e. The number of allylic oxidation sites excluding steroid dienone is 1. The maximum Gasteiger partial charge on any atom is 0.152 e. The quantitative estimate of drug-likeness (QED) is 0.792. The molecule has 2 heterocycles. The Morgan fingerprint density at radius 1 is 1.22 bits per heavy atom. The Morgan fingerprint density at radius 3 is 2.74 bits per heavy atom. The molecule has 0 aliphatic carbocycles. The van der Waals surface area contributed by atoms with E-state index in [4.69, 9.17) is 4.84 Å². The summed E-state index contributed by atoms with van der Waals surface area (Å²) >= 11 is 0. The maximum atomic E-state index is 11.4. The summed E-state index contributed by atoms with van der Waals surface area (Å²) in [5, 5.41) is 3.87. The molecule has 0 saturated carbocycles. The number of carbonyl (C=O) groups excluding carboxylic acids is 1. The summed E-state index contributed by atoms with van der Waals surface area (Å²) in [5.74, 6) is 2.00. The van der Waals surface area contributed by atoms with Gasteiger partial charge in [-0.1, -0.05) is 24.3 Å². The van der Waals surface area contributed by atoms with Crippen LogP contribution in [0.5, 0.6) is 0 Å². The van der Waals surface area contributed by atoms with Crippen molar-refractivity contribution in [2.24, 2.45) is 0 Å². The van der Waals surface area contributed by atoms with Gasteiger partial charge in [0.1, 0.15) is 5.70 Å². The summed E-state index contributed by atoms with van der Waals surface area (Å²) < 4.78 is 0. The molecule has 1 aromatic carbocycles. The van der Waals surface area contributed by atoms with Crippen LogP contribution in [0.3, 0.4) is 0 Å². The third kappa shape index (κ3) is 3.34. The normalized spacial score (nSPS) is 15.5. The van der Waals surface area contributed by atoms with E-state index in [9.17, 15) is 4.79 Å². The molecule has 0 saturated heterocycles. The van der Waals surface area contributed by atoms with Crippen molar-refractivity contribution in [2.75, 3.05) is 6.54 Å². The van der Waals surface area contributed by atoms with Crippen LogP contribution in [0, 0.1) is 0 Å². The molecule has 0 unspecified atom stereocenters. The number of pyridine rings is 1. The van der Waals surface area contributed by atoms with Crippen molar-refractivity contribution in [3.05, 3.63) is 54.0 Å². The molecule has 0 radical (unpaired) electrons. The zero-order valence-corrected chi connectivity index (χ0v) is 13.7. The summed E-state index contributed by atoms with van der Waals surface area (Å²) in [6.07, 6.45) is 6.35. The number of aromatic nitrogens is 1. The van der Waals surface area contributed by atoms with E-state index >= 15 is 0 Å². The second-order valence-electron chi connectivity index (χ2n) is 6.62. The summed E-state index contributed by atoms with van der Waals surface area (Å²) in [6.45, 7) is 6.51. The van der Waals surface area contributed by atoms with Gasteiger partial charge in [0.15, 0.2) is 5.94 Å². The SMILES string of the molecule is CC(C)(C)ON1CCC(c2cncc3ccccc23)=CC1=C=O. The fourth-order valence-corrected chi connectivity index (χ4v) is 2.74. The van der Waals surface area contributed by atoms with Crippen molar-refractivity contribution in [3.63, 3.8) is 0 Å². The van der Waals surface area contributed by atoms with E-state index < -0.39 is 0 Å². The Morgan fingerprint density at radius 2 is 2.00 bits per heavy atom. The van der Waals surface area contributed by atoms with Crippen molar-refractivity contribution in [3.8, 4) is 0 Å². The average Bonchev–Trinajstić information content (AvgIpc) is 2.53. The van der Waals surface area contributed by atoms with Crippen molar-refractivity contribution >= 4 is 22.3 Å². The van der Waals surface area contributed by atoms with Gasteiger partial charge in [-0.3, -0.25) is 9.82 Å². The molecule has 1 aliphatic heterocycles. The number of hydroxylamine groups is 2. The number of nitrogens with zero attached hydrogens (tertiary/aromatic N) is 2. The van der Waals surface area contributed by atoms with Crippen molar-refractivity contribution in [2.45, 2.75) is 32.8 Å². The van der Waals surface area contributed by atoms with Gasteiger partial charge in [0, 0.05) is 23.3 Å². The lowest BCUT2D eigenvalue weighted by molar-refractivity contribution is -0.203. The Bertz CT molecular complexity index is 806. The smallest absolute Gasteiger partial charge is 0.152 e. The van der Waals surface area contributed by atoms with Crippen molar-refractivity contribution < 1.29 is 9.63 Å². The minimum Gasteiger partial charge on any atom is -0.267 e. The first-order valence-electron chi connectivity index (χ1n) is 7.73. The zero-order chi connectivity index (χ0) is 16.4. The van der Waals surface area contributed by atoms with Crippen LogP contribution in [0.4, 0.5) is 0 Å². The molecule has 4 nitrogen and oxygen atoms in total. The highest BCUT2D eigenvalue weighted by atomic mass is 16.7. The highest BCUT2D eigenvalue weighted by molar-refractivity contribution is 5.94. The van der Waals surface area contributed by atoms with Gasteiger partial charge >= 0.3 is 0 Å². The summed E-state index contributed by atoms with van der Waals surface area (Å²) in [5.41, 5.74) is 2.22. The van der Waals surface area contributed by atoms with Crippen LogP contribution in [-0.2, 0) is 9.63 Å². The summed E-state index contributed by atoms with van der Waals surface area (Å²) in [7, 11) is 0. The molecule has 0 amide bonds. The minimum atomic E-state index is -0.353. The molecule has 0 bridgehead atoms. The van der Waals surface area contributed by atoms with Gasteiger partial charge in [0.2, 0.25) is 0 Å². The number of hydrogen-bond donors (Lipinski definition) is 0.